The maximum Gasteiger partial charge on any atom is 0.416 e. The normalized spacial score (nSPS) is 15.3. The number of hydrogen-bond acceptors (Lipinski definition) is 6. The minimum absolute atomic E-state index is 0.0270. The van der Waals surface area contributed by atoms with E-state index in [2.05, 4.69) is 15.4 Å². The summed E-state index contributed by atoms with van der Waals surface area (Å²) >= 11 is 0. The van der Waals surface area contributed by atoms with Gasteiger partial charge in [0, 0.05) is 24.6 Å². The van der Waals surface area contributed by atoms with Crippen molar-refractivity contribution in [1.29, 1.82) is 0 Å². The lowest BCUT2D eigenvalue weighted by Crippen LogP contribution is -2.25. The van der Waals surface area contributed by atoms with E-state index >= 15 is 0 Å². The second-order valence-electron chi connectivity index (χ2n) is 11.8. The van der Waals surface area contributed by atoms with Crippen molar-refractivity contribution >= 4 is 17.5 Å². The van der Waals surface area contributed by atoms with Crippen molar-refractivity contribution in [3.05, 3.63) is 123 Å². The fraction of sp³-hybridized carbons (Fsp3) is 0.294. The molecule has 1 unspecified atom stereocenters. The predicted octanol–water partition coefficient (Wildman–Crippen LogP) is 8.58. The summed E-state index contributed by atoms with van der Waals surface area (Å²) in [5, 5.41) is 21.0. The first kappa shape index (κ1) is 36.9. The number of tetrazole rings is 1. The Hall–Kier alpha value is -5.35. The molecule has 0 radical (unpaired) electrons. The Morgan fingerprint density at radius 2 is 1.55 bits per heavy atom. The number of aryl methyl sites for hydroxylation is 2. The number of allylic oxidation sites excluding steroid dienone is 3. The van der Waals surface area contributed by atoms with E-state index in [0.29, 0.717) is 35.4 Å². The van der Waals surface area contributed by atoms with Gasteiger partial charge in [0.1, 0.15) is 5.76 Å². The topological polar surface area (TPSA) is 93.4 Å². The third-order valence-electron chi connectivity index (χ3n) is 8.21. The van der Waals surface area contributed by atoms with Gasteiger partial charge >= 0.3 is 24.5 Å². The number of methoxy groups -OCH3 is 1. The van der Waals surface area contributed by atoms with Gasteiger partial charge in [0.05, 0.1) is 36.4 Å². The molecule has 0 saturated carbocycles. The fourth-order valence-electron chi connectivity index (χ4n) is 5.85. The highest BCUT2D eigenvalue weighted by Gasteiger charge is 2.37. The number of aromatic carboxylic acids is 1. The second-order valence-corrected chi connectivity index (χ2v) is 11.8. The Morgan fingerprint density at radius 1 is 0.902 bits per heavy atom. The molecule has 8 nitrogen and oxygen atoms in total. The van der Waals surface area contributed by atoms with Gasteiger partial charge in [-0.2, -0.15) is 44.3 Å². The fourth-order valence-corrected chi connectivity index (χ4v) is 5.85. The molecule has 1 N–H and O–H groups in total. The number of carboxylic acid groups (broad SMARTS) is 1. The standard InChI is InChI=1S/C34H28F9N5O3/c1-18-10-21(30(49)50)4-7-26(18)20-5-9-29(51-3)28(14-20)27-8-6-23(32(35,36)37)13-22(27)17-48(31-44-46-47(2)45-31)16-19-11-24(33(38,39)40)15-25(12-19)34(41,42)43/h4,6-15,20H,5,16-17H2,1-3H3,(H,49,50). The van der Waals surface area contributed by atoms with Crippen molar-refractivity contribution < 1.29 is 54.2 Å². The lowest BCUT2D eigenvalue weighted by atomic mass is 9.83. The maximum atomic E-state index is 14.1. The van der Waals surface area contributed by atoms with E-state index in [4.69, 9.17) is 4.74 Å². The average molecular weight is 726 g/mol. The zero-order valence-electron chi connectivity index (χ0n) is 27.0. The van der Waals surface area contributed by atoms with Crippen LogP contribution in [-0.2, 0) is 43.4 Å². The summed E-state index contributed by atoms with van der Waals surface area (Å²) in [7, 11) is 2.71. The highest BCUT2D eigenvalue weighted by atomic mass is 19.4. The Morgan fingerprint density at radius 3 is 2.08 bits per heavy atom. The van der Waals surface area contributed by atoms with Gasteiger partial charge in [-0.25, -0.2) is 4.79 Å². The van der Waals surface area contributed by atoms with Crippen LogP contribution in [0.25, 0.3) is 5.57 Å². The third-order valence-corrected chi connectivity index (χ3v) is 8.21. The number of aromatic nitrogens is 4. The van der Waals surface area contributed by atoms with Crippen LogP contribution in [-0.4, -0.2) is 38.4 Å². The minimum Gasteiger partial charge on any atom is -0.496 e. The van der Waals surface area contributed by atoms with Crippen molar-refractivity contribution in [3.63, 3.8) is 0 Å². The molecule has 51 heavy (non-hydrogen) atoms. The molecule has 0 bridgehead atoms. The predicted molar refractivity (Wildman–Crippen MR) is 165 cm³/mol. The molecular weight excluding hydrogens is 697 g/mol. The molecular formula is C34H28F9N5O3. The number of alkyl halides is 9. The molecule has 1 aromatic heterocycles. The zero-order chi connectivity index (χ0) is 37.5. The number of nitrogens with zero attached hydrogens (tertiary/aromatic N) is 5. The first-order valence-corrected chi connectivity index (χ1v) is 15.0. The summed E-state index contributed by atoms with van der Waals surface area (Å²) in [5.41, 5.74) is -2.68. The number of halogens is 9. The molecule has 17 heteroatoms. The Bertz CT molecular complexity index is 1980. The summed E-state index contributed by atoms with van der Waals surface area (Å²) < 4.78 is 130. The molecule has 0 amide bonds. The van der Waals surface area contributed by atoms with Crippen LogP contribution in [0.2, 0.25) is 0 Å². The number of anilines is 1. The molecule has 1 aliphatic rings. The highest BCUT2D eigenvalue weighted by molar-refractivity contribution is 5.88. The molecule has 1 atom stereocenters. The number of benzene rings is 3. The summed E-state index contributed by atoms with van der Waals surface area (Å²) in [6.07, 6.45) is -11.2. The van der Waals surface area contributed by atoms with E-state index in [-0.39, 0.29) is 34.6 Å². The lowest BCUT2D eigenvalue weighted by molar-refractivity contribution is -0.143. The van der Waals surface area contributed by atoms with Crippen molar-refractivity contribution in [2.24, 2.45) is 7.05 Å². The van der Waals surface area contributed by atoms with Crippen LogP contribution in [0.4, 0.5) is 45.5 Å². The summed E-state index contributed by atoms with van der Waals surface area (Å²) in [5.74, 6) is -1.48. The van der Waals surface area contributed by atoms with Gasteiger partial charge in [0.15, 0.2) is 0 Å². The smallest absolute Gasteiger partial charge is 0.416 e. The second kappa shape index (κ2) is 13.8. The number of hydrogen-bond donors (Lipinski definition) is 1. The van der Waals surface area contributed by atoms with E-state index in [1.54, 1.807) is 25.1 Å². The van der Waals surface area contributed by atoms with Gasteiger partial charge in [-0.05, 0) is 94.9 Å². The van der Waals surface area contributed by atoms with Gasteiger partial charge in [-0.3, -0.25) is 0 Å². The Balaban J connectivity index is 1.65. The molecule has 3 aromatic carbocycles. The van der Waals surface area contributed by atoms with Crippen LogP contribution in [0.1, 0.15) is 67.2 Å². The molecule has 0 fully saturated rings. The zero-order valence-corrected chi connectivity index (χ0v) is 27.0. The minimum atomic E-state index is -5.14. The van der Waals surface area contributed by atoms with Crippen molar-refractivity contribution in [1.82, 2.24) is 20.2 Å². The monoisotopic (exact) mass is 725 g/mol. The van der Waals surface area contributed by atoms with E-state index in [1.807, 2.05) is 0 Å². The van der Waals surface area contributed by atoms with Gasteiger partial charge in [0.2, 0.25) is 0 Å². The van der Waals surface area contributed by atoms with Crippen LogP contribution >= 0.6 is 0 Å². The van der Waals surface area contributed by atoms with E-state index < -0.39 is 59.8 Å². The van der Waals surface area contributed by atoms with Gasteiger partial charge in [-0.15, -0.1) is 5.10 Å². The first-order chi connectivity index (χ1) is 23.7. The Labute approximate surface area is 284 Å². The molecule has 0 spiro atoms. The number of rotatable bonds is 9. The van der Waals surface area contributed by atoms with Crippen molar-refractivity contribution in [2.75, 3.05) is 12.0 Å². The van der Waals surface area contributed by atoms with Crippen molar-refractivity contribution in [2.45, 2.75) is 50.9 Å². The van der Waals surface area contributed by atoms with E-state index in [0.717, 1.165) is 27.4 Å². The summed E-state index contributed by atoms with van der Waals surface area (Å²) in [6.45, 7) is 0.518. The number of ether oxygens (including phenoxy) is 1. The van der Waals surface area contributed by atoms with Crippen LogP contribution in [0.15, 0.2) is 72.5 Å². The van der Waals surface area contributed by atoms with Gasteiger partial charge in [-0.1, -0.05) is 23.3 Å². The molecule has 1 aliphatic carbocycles. The Kier molecular flexibility index (Phi) is 9.96. The van der Waals surface area contributed by atoms with Crippen LogP contribution in [0, 0.1) is 6.92 Å². The largest absolute Gasteiger partial charge is 0.496 e. The quantitative estimate of drug-likeness (QED) is 0.173. The summed E-state index contributed by atoms with van der Waals surface area (Å²) in [6, 6.07) is 8.45. The molecule has 0 saturated heterocycles. The molecule has 5 rings (SSSR count). The number of carbonyl (C=O) groups is 1. The molecule has 0 aliphatic heterocycles. The third kappa shape index (κ3) is 8.35. The molecule has 1 heterocycles. The van der Waals surface area contributed by atoms with E-state index in [9.17, 15) is 49.4 Å². The summed E-state index contributed by atoms with van der Waals surface area (Å²) in [4.78, 5) is 13.6. The van der Waals surface area contributed by atoms with Crippen LogP contribution in [0.5, 0.6) is 0 Å². The van der Waals surface area contributed by atoms with Crippen LogP contribution < -0.4 is 4.90 Å². The molecule has 270 valence electrons. The van der Waals surface area contributed by atoms with Gasteiger partial charge in [0.25, 0.3) is 5.95 Å². The highest BCUT2D eigenvalue weighted by Crippen LogP contribution is 2.41. The van der Waals surface area contributed by atoms with Gasteiger partial charge < -0.3 is 14.7 Å². The maximum absolute atomic E-state index is 14.1. The SMILES string of the molecule is COC1=CCC(c2ccc(C(=O)O)cc2C)C=C1c1ccc(C(F)(F)F)cc1CN(Cc1cc(C(F)(F)F)cc(C(F)(F)F)c1)c1nnn(C)n1. The average Bonchev–Trinajstić information content (AvgIpc) is 3.48. The number of carboxylic acids is 1. The van der Waals surface area contributed by atoms with Crippen LogP contribution in [0.3, 0.4) is 0 Å². The lowest BCUT2D eigenvalue weighted by Gasteiger charge is -2.27. The molecule has 4 aromatic rings. The van der Waals surface area contributed by atoms with E-state index in [1.165, 1.54) is 32.4 Å². The van der Waals surface area contributed by atoms with Crippen molar-refractivity contribution in [3.8, 4) is 0 Å². The first-order valence-electron chi connectivity index (χ1n) is 15.0.